The smallest absolute Gasteiger partial charge is 0.0524 e. The molecule has 0 aromatic heterocycles. The molecule has 0 radical (unpaired) electrons. The molecule has 0 heterocycles. The van der Waals surface area contributed by atoms with Crippen LogP contribution in [0.3, 0.4) is 0 Å². The lowest BCUT2D eigenvalue weighted by Crippen LogP contribution is -2.23. The quantitative estimate of drug-likeness (QED) is 0.782. The van der Waals surface area contributed by atoms with Crippen LogP contribution < -0.4 is 4.90 Å². The van der Waals surface area contributed by atoms with Gasteiger partial charge in [-0.3, -0.25) is 0 Å². The van der Waals surface area contributed by atoms with Gasteiger partial charge in [0.1, 0.15) is 0 Å². The number of rotatable bonds is 8. The normalized spacial score (nSPS) is 12.7. The summed E-state index contributed by atoms with van der Waals surface area (Å²) in [5.74, 6) is 0. The summed E-state index contributed by atoms with van der Waals surface area (Å²) in [7, 11) is 2.10. The maximum absolute atomic E-state index is 9.29. The van der Waals surface area contributed by atoms with Gasteiger partial charge in [0, 0.05) is 31.9 Å². The number of hydrogen-bond acceptors (Lipinski definition) is 3. The summed E-state index contributed by atoms with van der Waals surface area (Å²) in [6.07, 6.45) is 0.612. The topological polar surface area (TPSA) is 26.7 Å². The van der Waals surface area contributed by atoms with E-state index in [1.807, 2.05) is 6.92 Å². The number of anilines is 1. The van der Waals surface area contributed by atoms with Crippen molar-refractivity contribution in [3.05, 3.63) is 29.8 Å². The molecule has 108 valence electrons. The van der Waals surface area contributed by atoms with E-state index in [0.29, 0.717) is 0 Å². The molecule has 1 N–H and O–H groups in total. The van der Waals surface area contributed by atoms with Crippen molar-refractivity contribution in [2.45, 2.75) is 39.8 Å². The monoisotopic (exact) mass is 264 g/mol. The molecule has 0 bridgehead atoms. The SMILES string of the molecule is CCN(CC)c1ccc(CN(C)CCC(C)O)cc1. The van der Waals surface area contributed by atoms with E-state index in [1.54, 1.807) is 0 Å². The average molecular weight is 264 g/mol. The zero-order valence-corrected chi connectivity index (χ0v) is 12.8. The Morgan fingerprint density at radius 2 is 1.68 bits per heavy atom. The molecule has 1 rings (SSSR count). The van der Waals surface area contributed by atoms with Crippen LogP contribution in [0, 0.1) is 0 Å². The minimum Gasteiger partial charge on any atom is -0.393 e. The minimum absolute atomic E-state index is 0.215. The Kier molecular flexibility index (Phi) is 6.89. The first-order chi connectivity index (χ1) is 9.06. The van der Waals surface area contributed by atoms with E-state index in [-0.39, 0.29) is 6.10 Å². The van der Waals surface area contributed by atoms with Gasteiger partial charge in [-0.15, -0.1) is 0 Å². The van der Waals surface area contributed by atoms with E-state index in [1.165, 1.54) is 11.3 Å². The molecule has 3 heteroatoms. The van der Waals surface area contributed by atoms with Gasteiger partial charge < -0.3 is 14.9 Å². The summed E-state index contributed by atoms with van der Waals surface area (Å²) in [5, 5.41) is 9.29. The van der Waals surface area contributed by atoms with Gasteiger partial charge in [-0.2, -0.15) is 0 Å². The highest BCUT2D eigenvalue weighted by atomic mass is 16.3. The highest BCUT2D eigenvalue weighted by Gasteiger charge is 2.04. The number of benzene rings is 1. The molecule has 0 saturated carbocycles. The van der Waals surface area contributed by atoms with Gasteiger partial charge >= 0.3 is 0 Å². The minimum atomic E-state index is -0.215. The standard InChI is InChI=1S/C16H28N2O/c1-5-18(6-2)16-9-7-15(8-10-16)13-17(4)12-11-14(3)19/h7-10,14,19H,5-6,11-13H2,1-4H3. The maximum atomic E-state index is 9.29. The van der Waals surface area contributed by atoms with Crippen molar-refractivity contribution < 1.29 is 5.11 Å². The van der Waals surface area contributed by atoms with Gasteiger partial charge in [-0.05, 0) is 51.9 Å². The van der Waals surface area contributed by atoms with Crippen LogP contribution in [0.5, 0.6) is 0 Å². The first-order valence-electron chi connectivity index (χ1n) is 7.27. The highest BCUT2D eigenvalue weighted by molar-refractivity contribution is 5.47. The summed E-state index contributed by atoms with van der Waals surface area (Å²) in [6.45, 7) is 10.2. The van der Waals surface area contributed by atoms with Crippen molar-refractivity contribution >= 4 is 5.69 Å². The molecule has 0 fully saturated rings. The van der Waals surface area contributed by atoms with Crippen molar-refractivity contribution in [1.29, 1.82) is 0 Å². The summed E-state index contributed by atoms with van der Waals surface area (Å²) < 4.78 is 0. The van der Waals surface area contributed by atoms with Crippen LogP contribution in [-0.4, -0.2) is 42.8 Å². The van der Waals surface area contributed by atoms with E-state index >= 15 is 0 Å². The highest BCUT2D eigenvalue weighted by Crippen LogP contribution is 2.15. The summed E-state index contributed by atoms with van der Waals surface area (Å²) in [6, 6.07) is 8.80. The molecule has 1 aromatic carbocycles. The molecular weight excluding hydrogens is 236 g/mol. The van der Waals surface area contributed by atoms with E-state index in [0.717, 1.165) is 32.6 Å². The number of aliphatic hydroxyl groups excluding tert-OH is 1. The fraction of sp³-hybridized carbons (Fsp3) is 0.625. The van der Waals surface area contributed by atoms with Gasteiger partial charge in [0.2, 0.25) is 0 Å². The lowest BCUT2D eigenvalue weighted by Gasteiger charge is -2.22. The lowest BCUT2D eigenvalue weighted by molar-refractivity contribution is 0.163. The molecule has 19 heavy (non-hydrogen) atoms. The third-order valence-corrected chi connectivity index (χ3v) is 3.45. The van der Waals surface area contributed by atoms with Gasteiger partial charge in [-0.1, -0.05) is 12.1 Å². The zero-order chi connectivity index (χ0) is 14.3. The second kappa shape index (κ2) is 8.18. The van der Waals surface area contributed by atoms with Crippen molar-refractivity contribution in [1.82, 2.24) is 4.90 Å². The fourth-order valence-corrected chi connectivity index (χ4v) is 2.20. The number of nitrogens with zero attached hydrogens (tertiary/aromatic N) is 2. The maximum Gasteiger partial charge on any atom is 0.0524 e. The van der Waals surface area contributed by atoms with E-state index < -0.39 is 0 Å². The predicted octanol–water partition coefficient (Wildman–Crippen LogP) is 2.74. The van der Waals surface area contributed by atoms with E-state index in [2.05, 4.69) is 55.0 Å². The summed E-state index contributed by atoms with van der Waals surface area (Å²) >= 11 is 0. The predicted molar refractivity (Wildman–Crippen MR) is 82.6 cm³/mol. The lowest BCUT2D eigenvalue weighted by atomic mass is 10.1. The second-order valence-corrected chi connectivity index (χ2v) is 5.21. The third-order valence-electron chi connectivity index (χ3n) is 3.45. The Bertz CT molecular complexity index is 344. The molecule has 0 aliphatic carbocycles. The van der Waals surface area contributed by atoms with Gasteiger partial charge in [-0.25, -0.2) is 0 Å². The first kappa shape index (κ1) is 16.0. The van der Waals surface area contributed by atoms with Crippen LogP contribution in [0.15, 0.2) is 24.3 Å². The van der Waals surface area contributed by atoms with Crippen molar-refractivity contribution in [2.24, 2.45) is 0 Å². The molecular formula is C16H28N2O. The van der Waals surface area contributed by atoms with Gasteiger partial charge in [0.15, 0.2) is 0 Å². The second-order valence-electron chi connectivity index (χ2n) is 5.21. The van der Waals surface area contributed by atoms with Crippen LogP contribution in [0.25, 0.3) is 0 Å². The van der Waals surface area contributed by atoms with Crippen LogP contribution >= 0.6 is 0 Å². The van der Waals surface area contributed by atoms with Crippen LogP contribution in [-0.2, 0) is 6.54 Å². The van der Waals surface area contributed by atoms with Crippen LogP contribution in [0.2, 0.25) is 0 Å². The summed E-state index contributed by atoms with van der Waals surface area (Å²) in [4.78, 5) is 4.60. The van der Waals surface area contributed by atoms with Gasteiger partial charge in [0.25, 0.3) is 0 Å². The zero-order valence-electron chi connectivity index (χ0n) is 12.8. The molecule has 3 nitrogen and oxygen atoms in total. The Morgan fingerprint density at radius 3 is 2.16 bits per heavy atom. The third kappa shape index (κ3) is 5.62. The molecule has 1 unspecified atom stereocenters. The molecule has 0 aliphatic heterocycles. The molecule has 0 spiro atoms. The molecule has 1 atom stereocenters. The Labute approximate surface area is 117 Å². The fourth-order valence-electron chi connectivity index (χ4n) is 2.20. The Balaban J connectivity index is 2.52. The van der Waals surface area contributed by atoms with Crippen molar-refractivity contribution in [3.63, 3.8) is 0 Å². The van der Waals surface area contributed by atoms with Crippen LogP contribution in [0.4, 0.5) is 5.69 Å². The molecule has 0 amide bonds. The summed E-state index contributed by atoms with van der Waals surface area (Å²) in [5.41, 5.74) is 2.62. The van der Waals surface area contributed by atoms with E-state index in [9.17, 15) is 5.11 Å². The van der Waals surface area contributed by atoms with Crippen molar-refractivity contribution in [2.75, 3.05) is 31.6 Å². The number of hydrogen-bond donors (Lipinski definition) is 1. The first-order valence-corrected chi connectivity index (χ1v) is 7.27. The van der Waals surface area contributed by atoms with Crippen molar-refractivity contribution in [3.8, 4) is 0 Å². The average Bonchev–Trinajstić information content (AvgIpc) is 2.40. The molecule has 0 aliphatic rings. The Morgan fingerprint density at radius 1 is 1.11 bits per heavy atom. The van der Waals surface area contributed by atoms with Crippen LogP contribution in [0.1, 0.15) is 32.8 Å². The molecule has 0 saturated heterocycles. The van der Waals surface area contributed by atoms with Gasteiger partial charge in [0.05, 0.1) is 6.10 Å². The number of aliphatic hydroxyl groups is 1. The molecule has 1 aromatic rings. The Hall–Kier alpha value is -1.06. The largest absolute Gasteiger partial charge is 0.393 e. The van der Waals surface area contributed by atoms with E-state index in [4.69, 9.17) is 0 Å².